The molecule has 0 nitrogen and oxygen atoms in total. The molecule has 0 saturated heterocycles. The van der Waals surface area contributed by atoms with Crippen LogP contribution in [0.25, 0.3) is 0 Å². The summed E-state index contributed by atoms with van der Waals surface area (Å²) in [6.07, 6.45) is 4.24. The van der Waals surface area contributed by atoms with E-state index in [2.05, 4.69) is 125 Å². The van der Waals surface area contributed by atoms with E-state index in [9.17, 15) is 0 Å². The average Bonchev–Trinajstić information content (AvgIpc) is 3.52. The zero-order chi connectivity index (χ0) is 25.5. The van der Waals surface area contributed by atoms with Crippen LogP contribution in [0.3, 0.4) is 0 Å². The molecule has 6 rings (SSSR count). The minimum absolute atomic E-state index is 0.440. The molecule has 0 amide bonds. The van der Waals surface area contributed by atoms with Gasteiger partial charge < -0.3 is 0 Å². The van der Waals surface area contributed by atoms with Gasteiger partial charge in [0.2, 0.25) is 0 Å². The molecule has 0 spiro atoms. The van der Waals surface area contributed by atoms with Crippen molar-refractivity contribution in [3.8, 4) is 0 Å². The molecule has 188 valence electrons. The Labute approximate surface area is 226 Å². The van der Waals surface area contributed by atoms with E-state index >= 15 is 0 Å². The van der Waals surface area contributed by atoms with Crippen LogP contribution in [-0.2, 0) is 0 Å². The molecule has 0 N–H and O–H groups in total. The Balaban J connectivity index is 1.51. The number of hydrogen-bond donors (Lipinski definition) is 0. The van der Waals surface area contributed by atoms with Crippen molar-refractivity contribution in [1.82, 2.24) is 0 Å². The Kier molecular flexibility index (Phi) is 7.09. The first kappa shape index (κ1) is 25.0. The third-order valence-electron chi connectivity index (χ3n) is 8.67. The summed E-state index contributed by atoms with van der Waals surface area (Å²) in [7, 11) is -0.880. The van der Waals surface area contributed by atoms with E-state index in [4.69, 9.17) is 0 Å². The molecule has 2 aliphatic carbocycles. The predicted molar refractivity (Wildman–Crippen MR) is 165 cm³/mol. The molecular weight excluding hydrogens is 482 g/mol. The summed E-state index contributed by atoms with van der Waals surface area (Å²) in [6.45, 7) is 8.86. The Hall–Kier alpha value is -2.26. The maximum Gasteiger partial charge on any atom is -0.00240 e. The van der Waals surface area contributed by atoms with Gasteiger partial charge >= 0.3 is 0 Å². The van der Waals surface area contributed by atoms with Gasteiger partial charge in [0.05, 0.1) is 0 Å². The van der Waals surface area contributed by atoms with E-state index in [-0.39, 0.29) is 0 Å². The highest BCUT2D eigenvalue weighted by atomic mass is 31.1. The van der Waals surface area contributed by atoms with Gasteiger partial charge in [-0.1, -0.05) is 119 Å². The van der Waals surface area contributed by atoms with Gasteiger partial charge in [-0.2, -0.15) is 0 Å². The molecule has 4 atom stereocenters. The third kappa shape index (κ3) is 4.97. The summed E-state index contributed by atoms with van der Waals surface area (Å²) in [5, 5.41) is 6.26. The largest absolute Gasteiger partial charge is 0.0587 e. The molecule has 0 aromatic heterocycles. The van der Waals surface area contributed by atoms with Crippen LogP contribution in [0.5, 0.6) is 0 Å². The molecule has 0 radical (unpaired) electrons. The maximum atomic E-state index is 2.45. The van der Waals surface area contributed by atoms with Gasteiger partial charge in [-0.05, 0) is 107 Å². The standard InChI is InChI=1S/C35H38P2/c1-24-5-15-30(16-6-24)36(31-17-7-25(2)8-18-31)34-28-13-14-29(23-28)35(34)37(32-19-9-26(3)10-20-32)33-21-11-27(4)12-22-33/h5-12,15-22,28-29,34-35H,13-14,23H2,1-4H3/t28-,29-,34-,35-/m1/s1. The van der Waals surface area contributed by atoms with Crippen molar-refractivity contribution in [2.24, 2.45) is 11.8 Å². The van der Waals surface area contributed by atoms with Crippen LogP contribution in [0.1, 0.15) is 41.5 Å². The predicted octanol–water partition coefficient (Wildman–Crippen LogP) is 7.65. The number of hydrogen-bond acceptors (Lipinski definition) is 0. The second-order valence-electron chi connectivity index (χ2n) is 11.4. The normalized spacial score (nSPS) is 22.8. The SMILES string of the molecule is Cc1ccc(P(c2ccc(C)cc2)[C@@H]2[C@@H]3CC[C@H](C3)[C@H]2P(c2ccc(C)cc2)c2ccc(C)cc2)cc1. The summed E-state index contributed by atoms with van der Waals surface area (Å²) >= 11 is 0. The lowest BCUT2D eigenvalue weighted by Crippen LogP contribution is -2.39. The fourth-order valence-corrected chi connectivity index (χ4v) is 13.9. The molecule has 4 aromatic carbocycles. The molecule has 37 heavy (non-hydrogen) atoms. The Morgan fingerprint density at radius 3 is 0.892 bits per heavy atom. The van der Waals surface area contributed by atoms with Crippen LogP contribution >= 0.6 is 15.8 Å². The first-order valence-electron chi connectivity index (χ1n) is 13.8. The Morgan fingerprint density at radius 1 is 0.405 bits per heavy atom. The molecule has 2 aliphatic rings. The topological polar surface area (TPSA) is 0 Å². The van der Waals surface area contributed by atoms with Gasteiger partial charge in [0.25, 0.3) is 0 Å². The number of aryl methyl sites for hydroxylation is 4. The fourth-order valence-electron chi connectivity index (χ4n) is 6.77. The van der Waals surface area contributed by atoms with Crippen LogP contribution in [0.2, 0.25) is 0 Å². The first-order chi connectivity index (χ1) is 18.0. The second-order valence-corrected chi connectivity index (χ2v) is 16.1. The van der Waals surface area contributed by atoms with Gasteiger partial charge in [0.15, 0.2) is 0 Å². The molecule has 2 heteroatoms. The van der Waals surface area contributed by atoms with E-state index in [1.54, 1.807) is 21.2 Å². The van der Waals surface area contributed by atoms with Crippen LogP contribution < -0.4 is 21.2 Å². The van der Waals surface area contributed by atoms with Crippen LogP contribution in [0.15, 0.2) is 97.1 Å². The molecule has 2 bridgehead atoms. The zero-order valence-corrected chi connectivity index (χ0v) is 24.4. The highest BCUT2D eigenvalue weighted by Gasteiger charge is 2.54. The highest BCUT2D eigenvalue weighted by molar-refractivity contribution is 7.77. The number of fused-ring (bicyclic) bond motifs is 2. The van der Waals surface area contributed by atoms with Crippen LogP contribution in [-0.4, -0.2) is 11.3 Å². The smallest absolute Gasteiger partial charge is 0.00240 e. The molecule has 0 heterocycles. The van der Waals surface area contributed by atoms with E-state index in [0.29, 0.717) is 0 Å². The van der Waals surface area contributed by atoms with Crippen LogP contribution in [0.4, 0.5) is 0 Å². The van der Waals surface area contributed by atoms with Crippen LogP contribution in [0, 0.1) is 39.5 Å². The summed E-state index contributed by atoms with van der Waals surface area (Å²) in [5.41, 5.74) is 6.88. The summed E-state index contributed by atoms with van der Waals surface area (Å²) < 4.78 is 0. The first-order valence-corrected chi connectivity index (χ1v) is 16.7. The molecule has 2 saturated carbocycles. The van der Waals surface area contributed by atoms with Gasteiger partial charge in [0, 0.05) is 0 Å². The van der Waals surface area contributed by atoms with E-state index in [1.165, 1.54) is 41.5 Å². The molecule has 2 fully saturated rings. The Morgan fingerprint density at radius 2 is 0.649 bits per heavy atom. The lowest BCUT2D eigenvalue weighted by atomic mass is 9.99. The van der Waals surface area contributed by atoms with Gasteiger partial charge in [0.1, 0.15) is 0 Å². The van der Waals surface area contributed by atoms with Crippen molar-refractivity contribution in [3.05, 3.63) is 119 Å². The minimum Gasteiger partial charge on any atom is -0.0587 e. The zero-order valence-electron chi connectivity index (χ0n) is 22.6. The average molecular weight is 521 g/mol. The summed E-state index contributed by atoms with van der Waals surface area (Å²) in [5.74, 6) is 1.68. The van der Waals surface area contributed by atoms with Gasteiger partial charge in [-0.15, -0.1) is 0 Å². The van der Waals surface area contributed by atoms with Crippen molar-refractivity contribution in [1.29, 1.82) is 0 Å². The minimum atomic E-state index is -0.440. The maximum absolute atomic E-state index is 2.45. The van der Waals surface area contributed by atoms with Crippen molar-refractivity contribution in [2.75, 3.05) is 0 Å². The summed E-state index contributed by atoms with van der Waals surface area (Å²) in [4.78, 5) is 0. The third-order valence-corrected chi connectivity index (χ3v) is 15.0. The number of benzene rings is 4. The Bertz CT molecular complexity index is 1140. The van der Waals surface area contributed by atoms with Crippen molar-refractivity contribution in [2.45, 2.75) is 58.3 Å². The molecule has 4 aromatic rings. The van der Waals surface area contributed by atoms with Crippen molar-refractivity contribution in [3.63, 3.8) is 0 Å². The molecule has 0 aliphatic heterocycles. The molecular formula is C35H38P2. The van der Waals surface area contributed by atoms with Gasteiger partial charge in [-0.3, -0.25) is 0 Å². The van der Waals surface area contributed by atoms with Crippen molar-refractivity contribution >= 4 is 37.1 Å². The highest BCUT2D eigenvalue weighted by Crippen LogP contribution is 2.66. The lowest BCUT2D eigenvalue weighted by Gasteiger charge is -2.42. The van der Waals surface area contributed by atoms with E-state index in [0.717, 1.165) is 23.2 Å². The fraction of sp³-hybridized carbons (Fsp3) is 0.314. The second kappa shape index (κ2) is 10.5. The van der Waals surface area contributed by atoms with E-state index < -0.39 is 15.8 Å². The van der Waals surface area contributed by atoms with Gasteiger partial charge in [-0.25, -0.2) is 0 Å². The van der Waals surface area contributed by atoms with Crippen molar-refractivity contribution < 1.29 is 0 Å². The quantitative estimate of drug-likeness (QED) is 0.229. The summed E-state index contributed by atoms with van der Waals surface area (Å²) in [6, 6.07) is 38.3. The number of rotatable bonds is 6. The van der Waals surface area contributed by atoms with E-state index in [1.807, 2.05) is 0 Å². The molecule has 0 unspecified atom stereocenters. The monoisotopic (exact) mass is 520 g/mol. The lowest BCUT2D eigenvalue weighted by molar-refractivity contribution is 0.498.